The topological polar surface area (TPSA) is 55.8 Å². The first-order chi connectivity index (χ1) is 10.9. The summed E-state index contributed by atoms with van der Waals surface area (Å²) in [4.78, 5) is 25.6. The molecule has 23 heavy (non-hydrogen) atoms. The molecule has 0 fully saturated rings. The number of nitrogens with zero attached hydrogens (tertiary/aromatic N) is 1. The van der Waals surface area contributed by atoms with Crippen LogP contribution in [0.25, 0.3) is 0 Å². The van der Waals surface area contributed by atoms with Gasteiger partial charge >= 0.3 is 12.1 Å². The molecule has 1 amide bonds. The van der Waals surface area contributed by atoms with Gasteiger partial charge in [-0.1, -0.05) is 17.7 Å². The maximum absolute atomic E-state index is 12.1. The van der Waals surface area contributed by atoms with Crippen LogP contribution in [-0.2, 0) is 9.47 Å². The molecule has 5 nitrogen and oxygen atoms in total. The van der Waals surface area contributed by atoms with Crippen molar-refractivity contribution in [3.8, 4) is 0 Å². The smallest absolute Gasteiger partial charge is 0.409 e. The summed E-state index contributed by atoms with van der Waals surface area (Å²) in [7, 11) is 0. The van der Waals surface area contributed by atoms with Crippen LogP contribution in [0, 0.1) is 0 Å². The minimum atomic E-state index is -0.425. The summed E-state index contributed by atoms with van der Waals surface area (Å²) in [5, 5.41) is 0.486. The van der Waals surface area contributed by atoms with Crippen LogP contribution >= 0.6 is 11.6 Å². The lowest BCUT2D eigenvalue weighted by Crippen LogP contribution is -2.40. The Hall–Kier alpha value is -1.75. The average Bonchev–Trinajstić information content (AvgIpc) is 2.47. The third-order valence-corrected chi connectivity index (χ3v) is 3.65. The Labute approximate surface area is 142 Å². The highest BCUT2D eigenvalue weighted by atomic mass is 35.5. The zero-order chi connectivity index (χ0) is 17.4. The summed E-state index contributed by atoms with van der Waals surface area (Å²) in [6.45, 7) is 8.24. The number of halogens is 1. The van der Waals surface area contributed by atoms with Gasteiger partial charge in [-0.15, -0.1) is 0 Å². The maximum Gasteiger partial charge on any atom is 0.409 e. The number of rotatable bonds is 7. The molecule has 0 saturated heterocycles. The molecule has 6 heteroatoms. The van der Waals surface area contributed by atoms with Crippen molar-refractivity contribution in [1.82, 2.24) is 4.90 Å². The number of carbonyl (C=O) groups is 2. The van der Waals surface area contributed by atoms with Crippen molar-refractivity contribution in [3.05, 3.63) is 34.9 Å². The minimum absolute atomic E-state index is 0.0961. The molecule has 0 aliphatic heterocycles. The Morgan fingerprint density at radius 3 is 2.52 bits per heavy atom. The van der Waals surface area contributed by atoms with Crippen molar-refractivity contribution in [2.45, 2.75) is 46.3 Å². The first kappa shape index (κ1) is 19.3. The van der Waals surface area contributed by atoms with Crippen LogP contribution in [0.1, 0.15) is 44.5 Å². The van der Waals surface area contributed by atoms with Gasteiger partial charge in [-0.05, 0) is 45.9 Å². The number of esters is 1. The number of benzene rings is 1. The van der Waals surface area contributed by atoms with Gasteiger partial charge in [0.1, 0.15) is 6.10 Å². The van der Waals surface area contributed by atoms with Crippen molar-refractivity contribution in [2.24, 2.45) is 0 Å². The van der Waals surface area contributed by atoms with Gasteiger partial charge < -0.3 is 14.4 Å². The average molecular weight is 342 g/mol. The fraction of sp³-hybridized carbons (Fsp3) is 0.529. The van der Waals surface area contributed by atoms with Crippen molar-refractivity contribution >= 4 is 23.7 Å². The summed E-state index contributed by atoms with van der Waals surface area (Å²) in [5.41, 5.74) is 0.412. The first-order valence-electron chi connectivity index (χ1n) is 7.78. The maximum atomic E-state index is 12.1. The van der Waals surface area contributed by atoms with Crippen LogP contribution in [0.5, 0.6) is 0 Å². The number of amides is 1. The standard InChI is InChI=1S/C17H24ClNO4/c1-5-19(17(21)22-6-2)12(3)10-13(4)23-16(20)14-8-7-9-15(18)11-14/h7-9,11-13H,5-6,10H2,1-4H3. The quantitative estimate of drug-likeness (QED) is 0.699. The molecule has 0 N–H and O–H groups in total. The van der Waals surface area contributed by atoms with E-state index in [-0.39, 0.29) is 18.2 Å². The van der Waals surface area contributed by atoms with Gasteiger partial charge in [0.25, 0.3) is 0 Å². The Bertz CT molecular complexity index is 535. The molecule has 0 aliphatic rings. The van der Waals surface area contributed by atoms with Gasteiger partial charge in [0.05, 0.1) is 12.2 Å². The Morgan fingerprint density at radius 2 is 1.96 bits per heavy atom. The number of hydrogen-bond acceptors (Lipinski definition) is 4. The predicted octanol–water partition coefficient (Wildman–Crippen LogP) is 4.14. The highest BCUT2D eigenvalue weighted by Crippen LogP contribution is 2.15. The molecule has 0 saturated carbocycles. The van der Waals surface area contributed by atoms with Crippen LogP contribution in [0.15, 0.2) is 24.3 Å². The van der Waals surface area contributed by atoms with E-state index in [1.165, 1.54) is 0 Å². The molecule has 1 aromatic rings. The van der Waals surface area contributed by atoms with Gasteiger partial charge in [0.2, 0.25) is 0 Å². The SMILES string of the molecule is CCOC(=O)N(CC)C(C)CC(C)OC(=O)c1cccc(Cl)c1. The van der Waals surface area contributed by atoms with Gasteiger partial charge in [-0.3, -0.25) is 0 Å². The minimum Gasteiger partial charge on any atom is -0.459 e. The lowest BCUT2D eigenvalue weighted by Gasteiger charge is -2.28. The zero-order valence-corrected chi connectivity index (χ0v) is 14.8. The van der Waals surface area contributed by atoms with Crippen LogP contribution < -0.4 is 0 Å². The summed E-state index contributed by atoms with van der Waals surface area (Å²) in [5.74, 6) is -0.425. The molecule has 0 aliphatic carbocycles. The van der Waals surface area contributed by atoms with Gasteiger partial charge in [-0.2, -0.15) is 0 Å². The van der Waals surface area contributed by atoms with E-state index in [4.69, 9.17) is 21.1 Å². The molecule has 0 spiro atoms. The second-order valence-corrected chi connectivity index (χ2v) is 5.73. The van der Waals surface area contributed by atoms with E-state index in [0.717, 1.165) is 0 Å². The van der Waals surface area contributed by atoms with E-state index in [2.05, 4.69) is 0 Å². The van der Waals surface area contributed by atoms with Crippen LogP contribution in [0.3, 0.4) is 0 Å². The van der Waals surface area contributed by atoms with Crippen molar-refractivity contribution in [1.29, 1.82) is 0 Å². The molecule has 2 atom stereocenters. The Kier molecular flexibility index (Phi) is 7.89. The van der Waals surface area contributed by atoms with E-state index in [1.807, 2.05) is 13.8 Å². The molecule has 0 aromatic heterocycles. The normalized spacial score (nSPS) is 13.1. The molecule has 0 heterocycles. The number of hydrogen-bond donors (Lipinski definition) is 0. The highest BCUT2D eigenvalue weighted by Gasteiger charge is 2.23. The third-order valence-electron chi connectivity index (χ3n) is 3.42. The molecular formula is C17H24ClNO4. The fourth-order valence-corrected chi connectivity index (χ4v) is 2.54. The van der Waals surface area contributed by atoms with E-state index in [9.17, 15) is 9.59 Å². The van der Waals surface area contributed by atoms with Crippen molar-refractivity contribution in [2.75, 3.05) is 13.2 Å². The molecule has 1 aromatic carbocycles. The summed E-state index contributed by atoms with van der Waals surface area (Å²) < 4.78 is 10.4. The van der Waals surface area contributed by atoms with Crippen LogP contribution in [0.2, 0.25) is 5.02 Å². The molecular weight excluding hydrogens is 318 g/mol. The summed E-state index contributed by atoms with van der Waals surface area (Å²) in [6.07, 6.45) is -0.158. The second-order valence-electron chi connectivity index (χ2n) is 5.30. The van der Waals surface area contributed by atoms with Gasteiger partial charge in [0, 0.05) is 24.0 Å². The van der Waals surface area contributed by atoms with E-state index in [1.54, 1.807) is 43.0 Å². The summed E-state index contributed by atoms with van der Waals surface area (Å²) in [6, 6.07) is 6.52. The lowest BCUT2D eigenvalue weighted by atomic mass is 10.1. The van der Waals surface area contributed by atoms with E-state index >= 15 is 0 Å². The van der Waals surface area contributed by atoms with Gasteiger partial charge in [0.15, 0.2) is 0 Å². The van der Waals surface area contributed by atoms with Crippen molar-refractivity contribution in [3.63, 3.8) is 0 Å². The molecule has 0 radical (unpaired) electrons. The van der Waals surface area contributed by atoms with Crippen LogP contribution in [0.4, 0.5) is 4.79 Å². The third kappa shape index (κ3) is 6.10. The summed E-state index contributed by atoms with van der Waals surface area (Å²) >= 11 is 5.87. The predicted molar refractivity (Wildman–Crippen MR) is 89.8 cm³/mol. The second kappa shape index (κ2) is 9.40. The Morgan fingerprint density at radius 1 is 1.26 bits per heavy atom. The van der Waals surface area contributed by atoms with E-state index < -0.39 is 5.97 Å². The molecule has 128 valence electrons. The Balaban J connectivity index is 2.59. The number of ether oxygens (including phenoxy) is 2. The van der Waals surface area contributed by atoms with Crippen LogP contribution in [-0.4, -0.2) is 42.3 Å². The lowest BCUT2D eigenvalue weighted by molar-refractivity contribution is 0.0253. The van der Waals surface area contributed by atoms with Crippen molar-refractivity contribution < 1.29 is 19.1 Å². The molecule has 0 bridgehead atoms. The molecule has 1 rings (SSSR count). The monoisotopic (exact) mass is 341 g/mol. The van der Waals surface area contributed by atoms with E-state index in [0.29, 0.717) is 30.2 Å². The van der Waals surface area contributed by atoms with Gasteiger partial charge in [-0.25, -0.2) is 9.59 Å². The first-order valence-corrected chi connectivity index (χ1v) is 8.16. The fourth-order valence-electron chi connectivity index (χ4n) is 2.35. The largest absolute Gasteiger partial charge is 0.459 e. The molecule has 2 unspecified atom stereocenters. The highest BCUT2D eigenvalue weighted by molar-refractivity contribution is 6.30. The zero-order valence-electron chi connectivity index (χ0n) is 14.0. The number of carbonyl (C=O) groups excluding carboxylic acids is 2.